The molecule has 0 radical (unpaired) electrons. The molecule has 1 aromatic carbocycles. The van der Waals surface area contributed by atoms with E-state index < -0.39 is 0 Å². The van der Waals surface area contributed by atoms with Gasteiger partial charge >= 0.3 is 0 Å². The van der Waals surface area contributed by atoms with Gasteiger partial charge in [0.05, 0.1) is 27.4 Å². The summed E-state index contributed by atoms with van der Waals surface area (Å²) in [5, 5.41) is 6.60. The normalized spacial score (nSPS) is 14.6. The second kappa shape index (κ2) is 9.94. The first-order valence-electron chi connectivity index (χ1n) is 9.10. The fourth-order valence-electron chi connectivity index (χ4n) is 2.88. The standard InChI is InChI=1S/C19H27N5O3/c1-25-16-4-3-15(13-17(16)26-2)14-22-18-5-6-20-19(23-18)21-7-8-24-9-11-27-12-10-24/h3-6,13H,7-12,14H2,1-2H3,(H2,20,21,22,23). The number of nitrogens with zero attached hydrogens (tertiary/aromatic N) is 3. The molecule has 0 saturated carbocycles. The van der Waals surface area contributed by atoms with Gasteiger partial charge in [-0.05, 0) is 23.8 Å². The highest BCUT2D eigenvalue weighted by atomic mass is 16.5. The maximum atomic E-state index is 5.36. The van der Waals surface area contributed by atoms with E-state index in [1.54, 1.807) is 20.4 Å². The van der Waals surface area contributed by atoms with Gasteiger partial charge in [0.25, 0.3) is 0 Å². The van der Waals surface area contributed by atoms with Crippen LogP contribution in [-0.2, 0) is 11.3 Å². The van der Waals surface area contributed by atoms with Gasteiger partial charge < -0.3 is 24.8 Å². The van der Waals surface area contributed by atoms with E-state index in [-0.39, 0.29) is 0 Å². The van der Waals surface area contributed by atoms with Crippen LogP contribution in [0.3, 0.4) is 0 Å². The van der Waals surface area contributed by atoms with Crippen LogP contribution in [0.2, 0.25) is 0 Å². The molecule has 2 aromatic rings. The molecule has 27 heavy (non-hydrogen) atoms. The number of anilines is 2. The Bertz CT molecular complexity index is 722. The number of benzene rings is 1. The fraction of sp³-hybridized carbons (Fsp3) is 0.474. The molecular weight excluding hydrogens is 346 g/mol. The molecule has 0 unspecified atom stereocenters. The number of morpholine rings is 1. The van der Waals surface area contributed by atoms with Crippen LogP contribution < -0.4 is 20.1 Å². The molecule has 0 aliphatic carbocycles. The Morgan fingerprint density at radius 1 is 1.07 bits per heavy atom. The van der Waals surface area contributed by atoms with E-state index in [0.717, 1.165) is 56.5 Å². The molecule has 146 valence electrons. The van der Waals surface area contributed by atoms with Gasteiger partial charge in [-0.3, -0.25) is 4.90 Å². The second-order valence-corrected chi connectivity index (χ2v) is 6.19. The number of rotatable bonds is 9. The lowest BCUT2D eigenvalue weighted by atomic mass is 10.2. The van der Waals surface area contributed by atoms with Gasteiger partial charge in [0.1, 0.15) is 5.82 Å². The number of nitrogens with one attached hydrogen (secondary N) is 2. The van der Waals surface area contributed by atoms with Crippen molar-refractivity contribution in [3.8, 4) is 11.5 Å². The van der Waals surface area contributed by atoms with Crippen molar-refractivity contribution in [1.82, 2.24) is 14.9 Å². The number of methoxy groups -OCH3 is 2. The summed E-state index contributed by atoms with van der Waals surface area (Å²) in [7, 11) is 3.26. The third-order valence-corrected chi connectivity index (χ3v) is 4.39. The molecule has 8 heteroatoms. The average molecular weight is 373 g/mol. The van der Waals surface area contributed by atoms with Crippen LogP contribution in [0.25, 0.3) is 0 Å². The molecule has 1 aliphatic heterocycles. The Hall–Kier alpha value is -2.58. The maximum absolute atomic E-state index is 5.36. The third kappa shape index (κ3) is 5.70. The van der Waals surface area contributed by atoms with Gasteiger partial charge in [-0.2, -0.15) is 4.98 Å². The minimum Gasteiger partial charge on any atom is -0.493 e. The Kier molecular flexibility index (Phi) is 7.06. The molecule has 1 aliphatic rings. The molecule has 2 N–H and O–H groups in total. The maximum Gasteiger partial charge on any atom is 0.224 e. The molecule has 0 amide bonds. The van der Waals surface area contributed by atoms with Crippen molar-refractivity contribution >= 4 is 11.8 Å². The zero-order chi connectivity index (χ0) is 18.9. The van der Waals surface area contributed by atoms with Crippen LogP contribution in [0.1, 0.15) is 5.56 Å². The zero-order valence-electron chi connectivity index (χ0n) is 15.9. The van der Waals surface area contributed by atoms with Crippen LogP contribution in [0.15, 0.2) is 30.5 Å². The van der Waals surface area contributed by atoms with Crippen molar-refractivity contribution in [1.29, 1.82) is 0 Å². The van der Waals surface area contributed by atoms with E-state index in [1.165, 1.54) is 0 Å². The summed E-state index contributed by atoms with van der Waals surface area (Å²) in [4.78, 5) is 11.2. The second-order valence-electron chi connectivity index (χ2n) is 6.19. The van der Waals surface area contributed by atoms with Crippen molar-refractivity contribution in [3.05, 3.63) is 36.0 Å². The van der Waals surface area contributed by atoms with Gasteiger partial charge in [0.15, 0.2) is 11.5 Å². The summed E-state index contributed by atoms with van der Waals surface area (Å²) < 4.78 is 16.0. The number of hydrogen-bond acceptors (Lipinski definition) is 8. The van der Waals surface area contributed by atoms with Crippen LogP contribution in [0.5, 0.6) is 11.5 Å². The highest BCUT2D eigenvalue weighted by Crippen LogP contribution is 2.27. The van der Waals surface area contributed by atoms with Gasteiger partial charge in [-0.1, -0.05) is 6.07 Å². The van der Waals surface area contributed by atoms with Gasteiger partial charge in [0.2, 0.25) is 5.95 Å². The smallest absolute Gasteiger partial charge is 0.224 e. The van der Waals surface area contributed by atoms with Crippen LogP contribution in [0.4, 0.5) is 11.8 Å². The SMILES string of the molecule is COc1ccc(CNc2ccnc(NCCN3CCOCC3)n2)cc1OC. The van der Waals surface area contributed by atoms with Crippen LogP contribution in [-0.4, -0.2) is 68.5 Å². The fourth-order valence-corrected chi connectivity index (χ4v) is 2.88. The topological polar surface area (TPSA) is 80.8 Å². The lowest BCUT2D eigenvalue weighted by Crippen LogP contribution is -2.39. The molecule has 1 aromatic heterocycles. The summed E-state index contributed by atoms with van der Waals surface area (Å²) in [5.41, 5.74) is 1.08. The molecule has 0 spiro atoms. The molecule has 0 atom stereocenters. The van der Waals surface area contributed by atoms with Crippen LogP contribution in [0, 0.1) is 0 Å². The molecule has 2 heterocycles. The van der Waals surface area contributed by atoms with Crippen molar-refractivity contribution in [3.63, 3.8) is 0 Å². The van der Waals surface area contributed by atoms with E-state index in [4.69, 9.17) is 14.2 Å². The molecule has 1 fully saturated rings. The zero-order valence-corrected chi connectivity index (χ0v) is 15.9. The predicted octanol–water partition coefficient (Wildman–Crippen LogP) is 1.85. The van der Waals surface area contributed by atoms with E-state index in [9.17, 15) is 0 Å². The van der Waals surface area contributed by atoms with E-state index in [0.29, 0.717) is 18.2 Å². The molecule has 3 rings (SSSR count). The van der Waals surface area contributed by atoms with E-state index in [2.05, 4.69) is 25.5 Å². The summed E-state index contributed by atoms with van der Waals surface area (Å²) in [6, 6.07) is 7.70. The summed E-state index contributed by atoms with van der Waals surface area (Å²) in [6.45, 7) is 5.97. The van der Waals surface area contributed by atoms with E-state index >= 15 is 0 Å². The predicted molar refractivity (Wildman–Crippen MR) is 105 cm³/mol. The first-order valence-corrected chi connectivity index (χ1v) is 9.10. The van der Waals surface area contributed by atoms with Crippen molar-refractivity contribution in [2.24, 2.45) is 0 Å². The van der Waals surface area contributed by atoms with Gasteiger partial charge in [-0.25, -0.2) is 4.98 Å². The minimum absolute atomic E-state index is 0.626. The van der Waals surface area contributed by atoms with Crippen molar-refractivity contribution in [2.45, 2.75) is 6.54 Å². The first kappa shape index (κ1) is 19.2. The quantitative estimate of drug-likeness (QED) is 0.689. The van der Waals surface area contributed by atoms with Crippen LogP contribution >= 0.6 is 0 Å². The molecule has 1 saturated heterocycles. The van der Waals surface area contributed by atoms with Crippen molar-refractivity contribution < 1.29 is 14.2 Å². The Morgan fingerprint density at radius 3 is 2.67 bits per heavy atom. The Morgan fingerprint density at radius 2 is 1.89 bits per heavy atom. The monoisotopic (exact) mass is 373 g/mol. The highest BCUT2D eigenvalue weighted by molar-refractivity contribution is 5.45. The molecule has 0 bridgehead atoms. The molecule has 8 nitrogen and oxygen atoms in total. The third-order valence-electron chi connectivity index (χ3n) is 4.39. The highest BCUT2D eigenvalue weighted by Gasteiger charge is 2.09. The Balaban J connectivity index is 1.50. The van der Waals surface area contributed by atoms with Crippen molar-refractivity contribution in [2.75, 3.05) is 64.2 Å². The summed E-state index contributed by atoms with van der Waals surface area (Å²) in [5.74, 6) is 2.83. The minimum atomic E-state index is 0.626. The van der Waals surface area contributed by atoms with Gasteiger partial charge in [-0.15, -0.1) is 0 Å². The lowest BCUT2D eigenvalue weighted by molar-refractivity contribution is 0.0398. The summed E-state index contributed by atoms with van der Waals surface area (Å²) in [6.07, 6.45) is 1.75. The van der Waals surface area contributed by atoms with E-state index in [1.807, 2.05) is 24.3 Å². The molecular formula is C19H27N5O3. The number of hydrogen-bond donors (Lipinski definition) is 2. The average Bonchev–Trinajstić information content (AvgIpc) is 2.73. The number of aromatic nitrogens is 2. The number of ether oxygens (including phenoxy) is 3. The Labute approximate surface area is 159 Å². The summed E-state index contributed by atoms with van der Waals surface area (Å²) >= 11 is 0. The van der Waals surface area contributed by atoms with Gasteiger partial charge in [0, 0.05) is 38.9 Å². The largest absolute Gasteiger partial charge is 0.493 e. The first-order chi connectivity index (χ1) is 13.3. The lowest BCUT2D eigenvalue weighted by Gasteiger charge is -2.26.